The Bertz CT molecular complexity index is 543. The van der Waals surface area contributed by atoms with Crippen molar-refractivity contribution in [3.05, 3.63) is 35.2 Å². The van der Waals surface area contributed by atoms with Crippen molar-refractivity contribution in [1.82, 2.24) is 9.61 Å². The first-order chi connectivity index (χ1) is 7.65. The van der Waals surface area contributed by atoms with Crippen LogP contribution < -0.4 is 0 Å². The molecule has 4 nitrogen and oxygen atoms in total. The monoisotopic (exact) mass is 218 g/mol. The summed E-state index contributed by atoms with van der Waals surface area (Å²) < 4.78 is 6.74. The molecular formula is C12H14N2O2. The summed E-state index contributed by atoms with van der Waals surface area (Å²) in [6, 6.07) is 3.87. The average molecular weight is 218 g/mol. The molecule has 0 aliphatic rings. The Morgan fingerprint density at radius 3 is 2.88 bits per heavy atom. The van der Waals surface area contributed by atoms with E-state index < -0.39 is 0 Å². The molecular weight excluding hydrogens is 204 g/mol. The van der Waals surface area contributed by atoms with Crippen molar-refractivity contribution in [1.29, 1.82) is 0 Å². The number of pyridine rings is 1. The first-order valence-corrected chi connectivity index (χ1v) is 5.26. The Hall–Kier alpha value is -1.84. The number of hydrogen-bond donors (Lipinski definition) is 0. The quantitative estimate of drug-likeness (QED) is 0.725. The van der Waals surface area contributed by atoms with Gasteiger partial charge in [-0.05, 0) is 32.4 Å². The summed E-state index contributed by atoms with van der Waals surface area (Å²) in [4.78, 5) is 11.6. The minimum Gasteiger partial charge on any atom is -0.462 e. The number of rotatable bonds is 2. The lowest BCUT2D eigenvalue weighted by Gasteiger charge is -2.04. The molecule has 0 saturated carbocycles. The Labute approximate surface area is 93.8 Å². The van der Waals surface area contributed by atoms with Crippen LogP contribution in [-0.2, 0) is 4.74 Å². The van der Waals surface area contributed by atoms with E-state index in [1.54, 1.807) is 17.6 Å². The van der Waals surface area contributed by atoms with Crippen molar-refractivity contribution in [2.24, 2.45) is 0 Å². The van der Waals surface area contributed by atoms with Crippen LogP contribution in [0.25, 0.3) is 5.52 Å². The lowest BCUT2D eigenvalue weighted by atomic mass is 10.2. The number of aromatic nitrogens is 2. The van der Waals surface area contributed by atoms with Crippen LogP contribution in [0, 0.1) is 13.8 Å². The molecule has 0 fully saturated rings. The van der Waals surface area contributed by atoms with E-state index in [0.29, 0.717) is 12.2 Å². The number of nitrogens with zero attached hydrogens (tertiary/aromatic N) is 2. The van der Waals surface area contributed by atoms with Crippen LogP contribution in [0.3, 0.4) is 0 Å². The van der Waals surface area contributed by atoms with Crippen molar-refractivity contribution in [2.45, 2.75) is 20.8 Å². The maximum atomic E-state index is 11.6. The molecule has 2 aromatic rings. The molecule has 0 N–H and O–H groups in total. The maximum Gasteiger partial charge on any atom is 0.341 e. The van der Waals surface area contributed by atoms with E-state index in [1.807, 2.05) is 26.0 Å². The van der Waals surface area contributed by atoms with Gasteiger partial charge >= 0.3 is 5.97 Å². The highest BCUT2D eigenvalue weighted by Gasteiger charge is 2.14. The van der Waals surface area contributed by atoms with Gasteiger partial charge in [-0.15, -0.1) is 0 Å². The van der Waals surface area contributed by atoms with Crippen molar-refractivity contribution < 1.29 is 9.53 Å². The highest BCUT2D eigenvalue weighted by molar-refractivity contribution is 5.96. The zero-order valence-electron chi connectivity index (χ0n) is 9.65. The second-order valence-electron chi connectivity index (χ2n) is 3.68. The lowest BCUT2D eigenvalue weighted by molar-refractivity contribution is 0.0528. The predicted octanol–water partition coefficient (Wildman–Crippen LogP) is 2.13. The highest BCUT2D eigenvalue weighted by atomic mass is 16.5. The van der Waals surface area contributed by atoms with Gasteiger partial charge in [0.25, 0.3) is 0 Å². The Balaban J connectivity index is 2.58. The van der Waals surface area contributed by atoms with Gasteiger partial charge in [-0.1, -0.05) is 6.07 Å². The summed E-state index contributed by atoms with van der Waals surface area (Å²) in [5.41, 5.74) is 3.49. The second kappa shape index (κ2) is 3.96. The number of ether oxygens (including phenoxy) is 1. The van der Waals surface area contributed by atoms with Crippen LogP contribution in [0.5, 0.6) is 0 Å². The minimum atomic E-state index is -0.319. The third-order valence-corrected chi connectivity index (χ3v) is 2.68. The average Bonchev–Trinajstić information content (AvgIpc) is 2.68. The van der Waals surface area contributed by atoms with Gasteiger partial charge in [0, 0.05) is 5.69 Å². The molecule has 2 aromatic heterocycles. The summed E-state index contributed by atoms with van der Waals surface area (Å²) in [6.45, 7) is 6.16. The molecule has 0 aliphatic heterocycles. The smallest absolute Gasteiger partial charge is 0.341 e. The van der Waals surface area contributed by atoms with Gasteiger partial charge in [0.05, 0.1) is 18.3 Å². The van der Waals surface area contributed by atoms with E-state index in [2.05, 4.69) is 5.10 Å². The SMILES string of the molecule is CCOC(=O)c1cnn2c(C)c(C)ccc12. The number of esters is 1. The number of fused-ring (bicyclic) bond motifs is 1. The largest absolute Gasteiger partial charge is 0.462 e. The van der Waals surface area contributed by atoms with E-state index in [-0.39, 0.29) is 5.97 Å². The molecule has 0 atom stereocenters. The Morgan fingerprint density at radius 1 is 1.44 bits per heavy atom. The third kappa shape index (κ3) is 1.56. The number of carbonyl (C=O) groups excluding carboxylic acids is 1. The second-order valence-corrected chi connectivity index (χ2v) is 3.68. The normalized spacial score (nSPS) is 10.7. The van der Waals surface area contributed by atoms with Crippen LogP contribution in [-0.4, -0.2) is 22.2 Å². The molecule has 0 unspecified atom stereocenters. The third-order valence-electron chi connectivity index (χ3n) is 2.68. The topological polar surface area (TPSA) is 43.6 Å². The fourth-order valence-electron chi connectivity index (χ4n) is 1.64. The summed E-state index contributed by atoms with van der Waals surface area (Å²) in [5.74, 6) is -0.319. The van der Waals surface area contributed by atoms with Crippen molar-refractivity contribution in [3.63, 3.8) is 0 Å². The molecule has 0 saturated heterocycles. The zero-order valence-corrected chi connectivity index (χ0v) is 9.65. The van der Waals surface area contributed by atoms with E-state index in [1.165, 1.54) is 0 Å². The minimum absolute atomic E-state index is 0.319. The van der Waals surface area contributed by atoms with Gasteiger partial charge in [-0.25, -0.2) is 9.31 Å². The van der Waals surface area contributed by atoms with Crippen LogP contribution in [0.15, 0.2) is 18.3 Å². The molecule has 84 valence electrons. The molecule has 0 radical (unpaired) electrons. The van der Waals surface area contributed by atoms with Gasteiger partial charge in [0.1, 0.15) is 5.56 Å². The van der Waals surface area contributed by atoms with Crippen molar-refractivity contribution >= 4 is 11.5 Å². The van der Waals surface area contributed by atoms with E-state index in [4.69, 9.17) is 4.74 Å². The van der Waals surface area contributed by atoms with Crippen LogP contribution in [0.2, 0.25) is 0 Å². The van der Waals surface area contributed by atoms with Gasteiger partial charge in [0.15, 0.2) is 0 Å². The summed E-state index contributed by atoms with van der Waals surface area (Å²) in [7, 11) is 0. The zero-order chi connectivity index (χ0) is 11.7. The van der Waals surface area contributed by atoms with Crippen molar-refractivity contribution in [3.8, 4) is 0 Å². The Kier molecular flexibility index (Phi) is 2.64. The molecule has 2 heterocycles. The molecule has 16 heavy (non-hydrogen) atoms. The van der Waals surface area contributed by atoms with E-state index in [0.717, 1.165) is 16.8 Å². The first-order valence-electron chi connectivity index (χ1n) is 5.26. The molecule has 2 rings (SSSR count). The maximum absolute atomic E-state index is 11.6. The Morgan fingerprint density at radius 2 is 2.19 bits per heavy atom. The molecule has 0 spiro atoms. The molecule has 0 amide bonds. The highest BCUT2D eigenvalue weighted by Crippen LogP contribution is 2.16. The molecule has 0 bridgehead atoms. The van der Waals surface area contributed by atoms with E-state index >= 15 is 0 Å². The molecule has 4 heteroatoms. The van der Waals surface area contributed by atoms with Gasteiger partial charge < -0.3 is 4.74 Å². The predicted molar refractivity (Wildman–Crippen MR) is 60.6 cm³/mol. The standard InChI is InChI=1S/C12H14N2O2/c1-4-16-12(15)10-7-13-14-9(3)8(2)5-6-11(10)14/h5-7H,4H2,1-3H3. The van der Waals surface area contributed by atoms with Gasteiger partial charge in [-0.3, -0.25) is 0 Å². The summed E-state index contributed by atoms with van der Waals surface area (Å²) >= 11 is 0. The van der Waals surface area contributed by atoms with Crippen LogP contribution in [0.1, 0.15) is 28.5 Å². The van der Waals surface area contributed by atoms with Gasteiger partial charge in [0.2, 0.25) is 0 Å². The van der Waals surface area contributed by atoms with Crippen LogP contribution >= 0.6 is 0 Å². The first kappa shape index (κ1) is 10.7. The van der Waals surface area contributed by atoms with E-state index in [9.17, 15) is 4.79 Å². The van der Waals surface area contributed by atoms with Crippen molar-refractivity contribution in [2.75, 3.05) is 6.61 Å². The number of hydrogen-bond acceptors (Lipinski definition) is 3. The lowest BCUT2D eigenvalue weighted by Crippen LogP contribution is -2.04. The summed E-state index contributed by atoms with van der Waals surface area (Å²) in [5, 5.41) is 4.20. The number of carbonyl (C=O) groups is 1. The number of aryl methyl sites for hydroxylation is 2. The van der Waals surface area contributed by atoms with Crippen LogP contribution in [0.4, 0.5) is 0 Å². The molecule has 0 aliphatic carbocycles. The van der Waals surface area contributed by atoms with Gasteiger partial charge in [-0.2, -0.15) is 5.10 Å². The molecule has 0 aromatic carbocycles. The fourth-order valence-corrected chi connectivity index (χ4v) is 1.64. The fraction of sp³-hybridized carbons (Fsp3) is 0.333. The summed E-state index contributed by atoms with van der Waals surface area (Å²) in [6.07, 6.45) is 1.56.